The highest BCUT2D eigenvalue weighted by Gasteiger charge is 2.11. The second-order valence-corrected chi connectivity index (χ2v) is 2.39. The smallest absolute Gasteiger partial charge is 0.234 e. The number of nitriles is 1. The van der Waals surface area contributed by atoms with E-state index >= 15 is 0 Å². The highest BCUT2D eigenvalue weighted by molar-refractivity contribution is 5.46. The van der Waals surface area contributed by atoms with Crippen molar-refractivity contribution in [2.75, 3.05) is 19.0 Å². The van der Waals surface area contributed by atoms with Crippen LogP contribution in [0.2, 0.25) is 0 Å². The third kappa shape index (κ3) is 1.32. The zero-order chi connectivity index (χ0) is 8.43. The summed E-state index contributed by atoms with van der Waals surface area (Å²) in [4.78, 5) is 5.60. The van der Waals surface area contributed by atoms with E-state index in [9.17, 15) is 0 Å². The van der Waals surface area contributed by atoms with E-state index in [-0.39, 0.29) is 0 Å². The fourth-order valence-electron chi connectivity index (χ4n) is 0.792. The number of hydrogen-bond donors (Lipinski definition) is 0. The lowest BCUT2D eigenvalue weighted by Crippen LogP contribution is -2.08. The first-order valence-corrected chi connectivity index (χ1v) is 3.20. The van der Waals surface area contributed by atoms with Crippen molar-refractivity contribution in [1.82, 2.24) is 4.98 Å². The van der Waals surface area contributed by atoms with Crippen molar-refractivity contribution in [3.8, 4) is 6.07 Å². The Labute approximate surface area is 65.1 Å². The zero-order valence-corrected chi connectivity index (χ0v) is 6.75. The van der Waals surface area contributed by atoms with Gasteiger partial charge in [0.2, 0.25) is 11.6 Å². The second-order valence-electron chi connectivity index (χ2n) is 2.39. The minimum absolute atomic E-state index is 0.340. The average Bonchev–Trinajstić information content (AvgIpc) is 2.30. The molecule has 58 valence electrons. The quantitative estimate of drug-likeness (QED) is 0.598. The molecule has 1 aromatic rings. The van der Waals surface area contributed by atoms with Gasteiger partial charge in [-0.05, 0) is 0 Å². The molecule has 4 nitrogen and oxygen atoms in total. The summed E-state index contributed by atoms with van der Waals surface area (Å²) in [5.74, 6) is 1.04. The Balaban J connectivity index is 3.15. The van der Waals surface area contributed by atoms with Crippen LogP contribution >= 0.6 is 0 Å². The van der Waals surface area contributed by atoms with Crippen molar-refractivity contribution in [3.05, 3.63) is 11.6 Å². The molecule has 11 heavy (non-hydrogen) atoms. The number of hydrogen-bond acceptors (Lipinski definition) is 4. The van der Waals surface area contributed by atoms with Gasteiger partial charge in [-0.3, -0.25) is 0 Å². The van der Waals surface area contributed by atoms with E-state index in [0.717, 1.165) is 0 Å². The van der Waals surface area contributed by atoms with Gasteiger partial charge in [-0.25, -0.2) is 4.98 Å². The average molecular weight is 151 g/mol. The minimum atomic E-state index is 0.340. The first-order chi connectivity index (χ1) is 5.15. The summed E-state index contributed by atoms with van der Waals surface area (Å²) in [7, 11) is 3.61. The van der Waals surface area contributed by atoms with Crippen molar-refractivity contribution in [3.63, 3.8) is 0 Å². The molecule has 0 saturated carbocycles. The molecule has 1 aromatic heterocycles. The maximum atomic E-state index is 8.58. The summed E-state index contributed by atoms with van der Waals surface area (Å²) >= 11 is 0. The van der Waals surface area contributed by atoms with E-state index in [0.29, 0.717) is 17.5 Å². The molecule has 0 fully saturated rings. The van der Waals surface area contributed by atoms with Crippen LogP contribution in [-0.4, -0.2) is 19.1 Å². The van der Waals surface area contributed by atoms with Gasteiger partial charge in [0, 0.05) is 21.0 Å². The molecule has 0 unspecified atom stereocenters. The zero-order valence-electron chi connectivity index (χ0n) is 6.75. The lowest BCUT2D eigenvalue weighted by molar-refractivity contribution is 0.521. The van der Waals surface area contributed by atoms with E-state index in [2.05, 4.69) is 4.98 Å². The van der Waals surface area contributed by atoms with Crippen molar-refractivity contribution in [2.24, 2.45) is 0 Å². The van der Waals surface area contributed by atoms with Crippen molar-refractivity contribution in [1.29, 1.82) is 5.26 Å². The predicted octanol–water partition coefficient (Wildman–Crippen LogP) is 0.921. The van der Waals surface area contributed by atoms with Crippen LogP contribution < -0.4 is 4.90 Å². The maximum Gasteiger partial charge on any atom is 0.234 e. The fraction of sp³-hybridized carbons (Fsp3) is 0.429. The summed E-state index contributed by atoms with van der Waals surface area (Å²) < 4.78 is 5.16. The van der Waals surface area contributed by atoms with Crippen LogP contribution in [0.4, 0.5) is 5.88 Å². The summed E-state index contributed by atoms with van der Waals surface area (Å²) in [5.41, 5.74) is 0.340. The Bertz CT molecular complexity index is 295. The van der Waals surface area contributed by atoms with Gasteiger partial charge in [0.15, 0.2) is 5.89 Å². The highest BCUT2D eigenvalue weighted by atomic mass is 16.4. The monoisotopic (exact) mass is 151 g/mol. The fourth-order valence-corrected chi connectivity index (χ4v) is 0.792. The lowest BCUT2D eigenvalue weighted by atomic mass is 10.5. The summed E-state index contributed by atoms with van der Waals surface area (Å²) in [6.45, 7) is 1.72. The molecule has 4 heteroatoms. The van der Waals surface area contributed by atoms with E-state index in [1.54, 1.807) is 25.9 Å². The Hall–Kier alpha value is -1.50. The molecule has 0 atom stereocenters. The largest absolute Gasteiger partial charge is 0.424 e. The molecule has 0 saturated heterocycles. The lowest BCUT2D eigenvalue weighted by Gasteiger charge is -2.05. The van der Waals surface area contributed by atoms with Crippen molar-refractivity contribution < 1.29 is 4.42 Å². The Kier molecular flexibility index (Phi) is 1.81. The van der Waals surface area contributed by atoms with Gasteiger partial charge in [-0.2, -0.15) is 5.26 Å². The Morgan fingerprint density at radius 3 is 2.55 bits per heavy atom. The molecule has 0 spiro atoms. The van der Waals surface area contributed by atoms with E-state index in [4.69, 9.17) is 9.68 Å². The van der Waals surface area contributed by atoms with Crippen LogP contribution in [0.5, 0.6) is 0 Å². The van der Waals surface area contributed by atoms with Gasteiger partial charge < -0.3 is 9.32 Å². The number of oxazole rings is 1. The second kappa shape index (κ2) is 2.62. The first kappa shape index (κ1) is 7.61. The molecule has 0 aliphatic heterocycles. The molecule has 0 radical (unpaired) electrons. The maximum absolute atomic E-state index is 8.58. The van der Waals surface area contributed by atoms with Gasteiger partial charge in [0.05, 0.1) is 0 Å². The standard InChI is InChI=1S/C7H9N3O/c1-5-9-6(4-8)7(11-5)10(2)3/h1-3H3. The number of aromatic nitrogens is 1. The van der Waals surface area contributed by atoms with E-state index in [1.807, 2.05) is 6.07 Å². The third-order valence-electron chi connectivity index (χ3n) is 1.23. The van der Waals surface area contributed by atoms with Crippen LogP contribution in [-0.2, 0) is 0 Å². The van der Waals surface area contributed by atoms with Gasteiger partial charge >= 0.3 is 0 Å². The SMILES string of the molecule is Cc1nc(C#N)c(N(C)C)o1. The van der Waals surface area contributed by atoms with Crippen molar-refractivity contribution >= 4 is 5.88 Å². The molecule has 0 amide bonds. The summed E-state index contributed by atoms with van der Waals surface area (Å²) in [6.07, 6.45) is 0. The van der Waals surface area contributed by atoms with Crippen LogP contribution in [0.15, 0.2) is 4.42 Å². The molecule has 0 aliphatic carbocycles. The molecule has 0 aromatic carbocycles. The molecular formula is C7H9N3O. The molecule has 0 aliphatic rings. The van der Waals surface area contributed by atoms with Gasteiger partial charge in [0.1, 0.15) is 6.07 Å². The topological polar surface area (TPSA) is 53.1 Å². The van der Waals surface area contributed by atoms with Gasteiger partial charge in [0.25, 0.3) is 0 Å². The minimum Gasteiger partial charge on any atom is -0.424 e. The van der Waals surface area contributed by atoms with Crippen molar-refractivity contribution in [2.45, 2.75) is 6.92 Å². The number of anilines is 1. The Morgan fingerprint density at radius 2 is 2.18 bits per heavy atom. The van der Waals surface area contributed by atoms with E-state index in [1.165, 1.54) is 0 Å². The third-order valence-corrected chi connectivity index (χ3v) is 1.23. The first-order valence-electron chi connectivity index (χ1n) is 3.20. The molecule has 0 bridgehead atoms. The molecule has 0 N–H and O–H groups in total. The highest BCUT2D eigenvalue weighted by Crippen LogP contribution is 2.17. The van der Waals surface area contributed by atoms with Crippen LogP contribution in [0.1, 0.15) is 11.6 Å². The van der Waals surface area contributed by atoms with E-state index < -0.39 is 0 Å². The normalized spacial score (nSPS) is 9.27. The predicted molar refractivity (Wildman–Crippen MR) is 40.3 cm³/mol. The van der Waals surface area contributed by atoms with Crippen LogP contribution in [0.25, 0.3) is 0 Å². The Morgan fingerprint density at radius 1 is 1.55 bits per heavy atom. The van der Waals surface area contributed by atoms with Gasteiger partial charge in [-0.15, -0.1) is 0 Å². The van der Waals surface area contributed by atoms with Crippen LogP contribution in [0, 0.1) is 18.3 Å². The number of nitrogens with zero attached hydrogens (tertiary/aromatic N) is 3. The number of rotatable bonds is 1. The molecule has 1 heterocycles. The summed E-state index contributed by atoms with van der Waals surface area (Å²) in [5, 5.41) is 8.58. The summed E-state index contributed by atoms with van der Waals surface area (Å²) in [6, 6.07) is 1.95. The molecular weight excluding hydrogens is 142 g/mol. The number of aryl methyl sites for hydroxylation is 1. The molecule has 1 rings (SSSR count). The van der Waals surface area contributed by atoms with Gasteiger partial charge in [-0.1, -0.05) is 0 Å². The van der Waals surface area contributed by atoms with Crippen LogP contribution in [0.3, 0.4) is 0 Å².